The first-order valence-electron chi connectivity index (χ1n) is 7.78. The van der Waals surface area contributed by atoms with Crippen molar-refractivity contribution in [2.24, 2.45) is 0 Å². The second-order valence-corrected chi connectivity index (χ2v) is 5.25. The molecular weight excluding hydrogens is 296 g/mol. The third-order valence-electron chi connectivity index (χ3n) is 3.51. The number of hydrogen-bond donors (Lipinski definition) is 3. The number of anilines is 2. The number of fused-ring (bicyclic) bond motifs is 1. The van der Waals surface area contributed by atoms with Crippen LogP contribution >= 0.6 is 0 Å². The zero-order valence-corrected chi connectivity index (χ0v) is 13.2. The quantitative estimate of drug-likeness (QED) is 0.638. The summed E-state index contributed by atoms with van der Waals surface area (Å²) in [6.45, 7) is 4.07. The second kappa shape index (κ2) is 8.28. The molecule has 2 rings (SSSR count). The van der Waals surface area contributed by atoms with E-state index >= 15 is 0 Å². The summed E-state index contributed by atoms with van der Waals surface area (Å²) in [6, 6.07) is 7.14. The van der Waals surface area contributed by atoms with Crippen LogP contribution in [0.2, 0.25) is 0 Å². The van der Waals surface area contributed by atoms with Crippen molar-refractivity contribution in [2.45, 2.75) is 19.8 Å². The molecule has 1 aromatic rings. The summed E-state index contributed by atoms with van der Waals surface area (Å²) in [4.78, 5) is 37.2. The van der Waals surface area contributed by atoms with E-state index < -0.39 is 0 Å². The normalized spacial score (nSPS) is 13.3. The smallest absolute Gasteiger partial charge is 0.244 e. The number of rotatable bonds is 7. The van der Waals surface area contributed by atoms with Crippen molar-refractivity contribution < 1.29 is 14.4 Å². The van der Waals surface area contributed by atoms with Gasteiger partial charge in [-0.15, -0.1) is 0 Å². The Morgan fingerprint density at radius 2 is 2.00 bits per heavy atom. The van der Waals surface area contributed by atoms with Gasteiger partial charge < -0.3 is 20.9 Å². The Balaban J connectivity index is 1.86. The molecule has 124 valence electrons. The summed E-state index contributed by atoms with van der Waals surface area (Å²) >= 11 is 0. The van der Waals surface area contributed by atoms with Crippen LogP contribution in [0.4, 0.5) is 11.4 Å². The van der Waals surface area contributed by atoms with Gasteiger partial charge in [0.1, 0.15) is 6.54 Å². The maximum absolute atomic E-state index is 12.3. The van der Waals surface area contributed by atoms with Crippen molar-refractivity contribution in [1.29, 1.82) is 0 Å². The van der Waals surface area contributed by atoms with Crippen LogP contribution in [0.25, 0.3) is 0 Å². The molecule has 0 saturated heterocycles. The van der Waals surface area contributed by atoms with Gasteiger partial charge in [0.15, 0.2) is 0 Å². The Hall–Kier alpha value is -2.41. The lowest BCUT2D eigenvalue weighted by atomic mass is 10.1. The van der Waals surface area contributed by atoms with Gasteiger partial charge in [-0.3, -0.25) is 14.4 Å². The van der Waals surface area contributed by atoms with Gasteiger partial charge in [0.05, 0.1) is 11.4 Å². The van der Waals surface area contributed by atoms with E-state index in [-0.39, 0.29) is 37.1 Å². The molecular formula is C16H22N4O3. The number of para-hydroxylation sites is 2. The van der Waals surface area contributed by atoms with Gasteiger partial charge in [0.25, 0.3) is 0 Å². The van der Waals surface area contributed by atoms with Crippen molar-refractivity contribution >= 4 is 29.1 Å². The van der Waals surface area contributed by atoms with E-state index in [1.54, 1.807) is 18.2 Å². The molecule has 3 amide bonds. The average Bonchev–Trinajstić information content (AvgIpc) is 2.55. The molecule has 0 spiro atoms. The first-order chi connectivity index (χ1) is 11.1. The first kappa shape index (κ1) is 17.0. The predicted octanol–water partition coefficient (Wildman–Crippen LogP) is 0.478. The molecule has 3 N–H and O–H groups in total. The highest BCUT2D eigenvalue weighted by Gasteiger charge is 2.26. The lowest BCUT2D eigenvalue weighted by molar-refractivity contribution is -0.125. The highest BCUT2D eigenvalue weighted by Crippen LogP contribution is 2.29. The number of hydrogen-bond acceptors (Lipinski definition) is 4. The Bertz CT molecular complexity index is 588. The van der Waals surface area contributed by atoms with E-state index in [0.29, 0.717) is 24.5 Å². The molecule has 0 unspecified atom stereocenters. The molecule has 7 heteroatoms. The van der Waals surface area contributed by atoms with Crippen LogP contribution in [-0.2, 0) is 14.4 Å². The van der Waals surface area contributed by atoms with Gasteiger partial charge in [-0.1, -0.05) is 19.1 Å². The molecule has 0 bridgehead atoms. The van der Waals surface area contributed by atoms with Crippen molar-refractivity contribution in [3.63, 3.8) is 0 Å². The summed E-state index contributed by atoms with van der Waals surface area (Å²) in [5.41, 5.74) is 1.29. The zero-order chi connectivity index (χ0) is 16.7. The minimum atomic E-state index is -0.229. The maximum Gasteiger partial charge on any atom is 0.244 e. The lowest BCUT2D eigenvalue weighted by Gasteiger charge is -2.29. The minimum Gasteiger partial charge on any atom is -0.355 e. The topological polar surface area (TPSA) is 90.5 Å². The predicted molar refractivity (Wildman–Crippen MR) is 88.2 cm³/mol. The molecule has 1 aliphatic heterocycles. The van der Waals surface area contributed by atoms with Crippen LogP contribution in [-0.4, -0.2) is 43.9 Å². The molecule has 23 heavy (non-hydrogen) atoms. The SMILES string of the molecule is CCNCCNC(=O)CCC(=O)N1CC(=O)Nc2ccccc21. The van der Waals surface area contributed by atoms with E-state index in [4.69, 9.17) is 0 Å². The van der Waals surface area contributed by atoms with Gasteiger partial charge in [-0.2, -0.15) is 0 Å². The number of nitrogens with zero attached hydrogens (tertiary/aromatic N) is 1. The fourth-order valence-electron chi connectivity index (χ4n) is 2.37. The standard InChI is InChI=1S/C16H22N4O3/c1-2-17-9-10-18-14(21)7-8-16(23)20-11-15(22)19-12-5-3-4-6-13(12)20/h3-6,17H,2,7-11H2,1H3,(H,18,21)(H,19,22). The summed E-state index contributed by atoms with van der Waals surface area (Å²) in [5, 5.41) is 8.58. The third-order valence-corrected chi connectivity index (χ3v) is 3.51. The van der Waals surface area contributed by atoms with Crippen LogP contribution in [0, 0.1) is 0 Å². The fourth-order valence-corrected chi connectivity index (χ4v) is 2.37. The molecule has 0 fully saturated rings. The Labute approximate surface area is 135 Å². The minimum absolute atomic E-state index is 0.0160. The van der Waals surface area contributed by atoms with Crippen LogP contribution in [0.1, 0.15) is 19.8 Å². The fraction of sp³-hybridized carbons (Fsp3) is 0.438. The van der Waals surface area contributed by atoms with Crippen LogP contribution < -0.4 is 20.9 Å². The van der Waals surface area contributed by atoms with Gasteiger partial charge in [-0.05, 0) is 18.7 Å². The van der Waals surface area contributed by atoms with Gasteiger partial charge >= 0.3 is 0 Å². The molecule has 0 atom stereocenters. The molecule has 0 radical (unpaired) electrons. The van der Waals surface area contributed by atoms with E-state index in [0.717, 1.165) is 6.54 Å². The highest BCUT2D eigenvalue weighted by atomic mass is 16.2. The van der Waals surface area contributed by atoms with Crippen molar-refractivity contribution in [1.82, 2.24) is 10.6 Å². The van der Waals surface area contributed by atoms with E-state index in [9.17, 15) is 14.4 Å². The van der Waals surface area contributed by atoms with Crippen LogP contribution in [0.3, 0.4) is 0 Å². The van der Waals surface area contributed by atoms with Crippen molar-refractivity contribution in [3.8, 4) is 0 Å². The van der Waals surface area contributed by atoms with E-state index in [2.05, 4.69) is 16.0 Å². The second-order valence-electron chi connectivity index (χ2n) is 5.25. The Kier molecular flexibility index (Phi) is 6.10. The number of likely N-dealkylation sites (N-methyl/N-ethyl adjacent to an activating group) is 1. The molecule has 0 aromatic heterocycles. The third kappa shape index (κ3) is 4.79. The van der Waals surface area contributed by atoms with Crippen LogP contribution in [0.15, 0.2) is 24.3 Å². The zero-order valence-electron chi connectivity index (χ0n) is 13.2. The summed E-state index contributed by atoms with van der Waals surface area (Å²) in [6.07, 6.45) is 0.194. The van der Waals surface area contributed by atoms with E-state index in [1.165, 1.54) is 4.90 Å². The average molecular weight is 318 g/mol. The summed E-state index contributed by atoms with van der Waals surface area (Å²) < 4.78 is 0. The van der Waals surface area contributed by atoms with Gasteiger partial charge in [0.2, 0.25) is 17.7 Å². The number of amides is 3. The maximum atomic E-state index is 12.3. The summed E-state index contributed by atoms with van der Waals surface area (Å²) in [7, 11) is 0. The number of carbonyl (C=O) groups excluding carboxylic acids is 3. The number of carbonyl (C=O) groups is 3. The molecule has 1 aliphatic rings. The molecule has 0 saturated carbocycles. The van der Waals surface area contributed by atoms with Gasteiger partial charge in [0, 0.05) is 25.9 Å². The lowest BCUT2D eigenvalue weighted by Crippen LogP contribution is -2.42. The Morgan fingerprint density at radius 3 is 2.78 bits per heavy atom. The van der Waals surface area contributed by atoms with Gasteiger partial charge in [-0.25, -0.2) is 0 Å². The Morgan fingerprint density at radius 1 is 1.22 bits per heavy atom. The molecule has 7 nitrogen and oxygen atoms in total. The summed E-state index contributed by atoms with van der Waals surface area (Å²) in [5.74, 6) is -0.618. The largest absolute Gasteiger partial charge is 0.355 e. The van der Waals surface area contributed by atoms with E-state index in [1.807, 2.05) is 13.0 Å². The number of benzene rings is 1. The monoisotopic (exact) mass is 318 g/mol. The first-order valence-corrected chi connectivity index (χ1v) is 7.78. The van der Waals surface area contributed by atoms with Crippen molar-refractivity contribution in [2.75, 3.05) is 36.4 Å². The molecule has 1 aromatic carbocycles. The number of nitrogens with one attached hydrogen (secondary N) is 3. The molecule has 1 heterocycles. The van der Waals surface area contributed by atoms with Crippen LogP contribution in [0.5, 0.6) is 0 Å². The molecule has 0 aliphatic carbocycles. The van der Waals surface area contributed by atoms with Crippen molar-refractivity contribution in [3.05, 3.63) is 24.3 Å². The highest BCUT2D eigenvalue weighted by molar-refractivity contribution is 6.10.